The minimum absolute atomic E-state index is 0.120. The number of carbonyl (C=O) groups excluding carboxylic acids is 1. The van der Waals surface area contributed by atoms with Gasteiger partial charge in [-0.15, -0.1) is 0 Å². The normalized spacial score (nSPS) is 11.7. The second kappa shape index (κ2) is 8.80. The van der Waals surface area contributed by atoms with Crippen LogP contribution in [0.5, 0.6) is 5.75 Å². The maximum absolute atomic E-state index is 12.5. The standard InChI is InChI=1S/C26H31N3O2/c1-17-8-13-23(24(14-17)31-7)25(30)28-27-16-20-15-18(2)29(19(20)3)22-11-9-21(10-12-22)26(4,5)6/h8-16H,1-7H3,(H,28,30)/b27-16-. The van der Waals surface area contributed by atoms with E-state index in [9.17, 15) is 4.79 Å². The Morgan fingerprint density at radius 3 is 2.32 bits per heavy atom. The van der Waals surface area contributed by atoms with E-state index in [2.05, 4.69) is 80.0 Å². The van der Waals surface area contributed by atoms with E-state index in [4.69, 9.17) is 4.74 Å². The summed E-state index contributed by atoms with van der Waals surface area (Å²) in [5, 5.41) is 4.18. The number of carbonyl (C=O) groups is 1. The average Bonchev–Trinajstić information content (AvgIpc) is 3.00. The highest BCUT2D eigenvalue weighted by Gasteiger charge is 2.15. The molecule has 0 atom stereocenters. The first kappa shape index (κ1) is 22.3. The molecule has 2 aromatic carbocycles. The van der Waals surface area contributed by atoms with Crippen molar-refractivity contribution in [2.24, 2.45) is 5.10 Å². The summed E-state index contributed by atoms with van der Waals surface area (Å²) >= 11 is 0. The molecule has 0 saturated heterocycles. The van der Waals surface area contributed by atoms with Crippen molar-refractivity contribution in [2.75, 3.05) is 7.11 Å². The van der Waals surface area contributed by atoms with Crippen molar-refractivity contribution in [1.29, 1.82) is 0 Å². The second-order valence-corrected chi connectivity index (χ2v) is 8.86. The minimum atomic E-state index is -0.306. The number of amides is 1. The Kier molecular flexibility index (Phi) is 6.34. The molecule has 0 aliphatic rings. The zero-order valence-corrected chi connectivity index (χ0v) is 19.4. The Bertz CT molecular complexity index is 1120. The molecule has 31 heavy (non-hydrogen) atoms. The summed E-state index contributed by atoms with van der Waals surface area (Å²) in [5.41, 5.74) is 9.73. The first-order valence-corrected chi connectivity index (χ1v) is 10.4. The van der Waals surface area contributed by atoms with Crippen LogP contribution in [0.25, 0.3) is 5.69 Å². The molecule has 0 saturated carbocycles. The second-order valence-electron chi connectivity index (χ2n) is 8.86. The van der Waals surface area contributed by atoms with Gasteiger partial charge in [0.1, 0.15) is 5.75 Å². The Balaban J connectivity index is 1.79. The van der Waals surface area contributed by atoms with E-state index in [0.717, 1.165) is 28.2 Å². The fourth-order valence-corrected chi connectivity index (χ4v) is 3.63. The van der Waals surface area contributed by atoms with E-state index in [1.54, 1.807) is 19.4 Å². The summed E-state index contributed by atoms with van der Waals surface area (Å²) in [6.45, 7) is 12.7. The van der Waals surface area contributed by atoms with Gasteiger partial charge in [-0.2, -0.15) is 5.10 Å². The van der Waals surface area contributed by atoms with Crippen LogP contribution in [0.1, 0.15) is 59.2 Å². The van der Waals surface area contributed by atoms with E-state index in [-0.39, 0.29) is 11.3 Å². The number of methoxy groups -OCH3 is 1. The molecular formula is C26H31N3O2. The Hall–Kier alpha value is -3.34. The third-order valence-electron chi connectivity index (χ3n) is 5.43. The molecule has 5 nitrogen and oxygen atoms in total. The lowest BCUT2D eigenvalue weighted by Gasteiger charge is -2.20. The lowest BCUT2D eigenvalue weighted by molar-refractivity contribution is 0.0952. The number of aryl methyl sites for hydroxylation is 2. The van der Waals surface area contributed by atoms with Crippen molar-refractivity contribution in [3.05, 3.63) is 82.2 Å². The van der Waals surface area contributed by atoms with Gasteiger partial charge in [0.05, 0.1) is 18.9 Å². The first-order valence-electron chi connectivity index (χ1n) is 10.4. The van der Waals surface area contributed by atoms with Crippen LogP contribution < -0.4 is 10.2 Å². The average molecular weight is 418 g/mol. The third kappa shape index (κ3) is 4.88. The SMILES string of the molecule is COc1cc(C)ccc1C(=O)N/N=C\c1cc(C)n(-c2ccc(C(C)(C)C)cc2)c1C. The zero-order chi connectivity index (χ0) is 22.8. The molecule has 3 aromatic rings. The topological polar surface area (TPSA) is 55.6 Å². The van der Waals surface area contributed by atoms with Gasteiger partial charge in [-0.3, -0.25) is 4.79 Å². The molecule has 1 amide bonds. The van der Waals surface area contributed by atoms with Gasteiger partial charge in [-0.1, -0.05) is 39.0 Å². The molecule has 1 heterocycles. The molecule has 0 spiro atoms. The number of nitrogens with one attached hydrogen (secondary N) is 1. The molecule has 0 radical (unpaired) electrons. The van der Waals surface area contributed by atoms with Crippen LogP contribution in [-0.2, 0) is 5.41 Å². The highest BCUT2D eigenvalue weighted by atomic mass is 16.5. The van der Waals surface area contributed by atoms with E-state index >= 15 is 0 Å². The van der Waals surface area contributed by atoms with Crippen LogP contribution in [0.4, 0.5) is 0 Å². The van der Waals surface area contributed by atoms with Crippen LogP contribution in [0.15, 0.2) is 53.6 Å². The molecule has 3 rings (SSSR count). The summed E-state index contributed by atoms with van der Waals surface area (Å²) < 4.78 is 7.51. The first-order chi connectivity index (χ1) is 14.6. The number of aromatic nitrogens is 1. The molecule has 0 aliphatic carbocycles. The Morgan fingerprint density at radius 1 is 1.03 bits per heavy atom. The van der Waals surface area contributed by atoms with E-state index in [0.29, 0.717) is 11.3 Å². The van der Waals surface area contributed by atoms with Crippen molar-refractivity contribution < 1.29 is 9.53 Å². The van der Waals surface area contributed by atoms with Crippen LogP contribution in [0.2, 0.25) is 0 Å². The monoisotopic (exact) mass is 417 g/mol. The van der Waals surface area contributed by atoms with E-state index in [1.165, 1.54) is 5.56 Å². The predicted octanol–water partition coefficient (Wildman–Crippen LogP) is 5.47. The maximum Gasteiger partial charge on any atom is 0.275 e. The van der Waals surface area contributed by atoms with Gasteiger partial charge in [0.2, 0.25) is 0 Å². The van der Waals surface area contributed by atoms with Gasteiger partial charge in [0, 0.05) is 22.6 Å². The third-order valence-corrected chi connectivity index (χ3v) is 5.43. The number of benzene rings is 2. The van der Waals surface area contributed by atoms with Crippen molar-refractivity contribution in [2.45, 2.75) is 47.0 Å². The molecule has 1 N–H and O–H groups in total. The predicted molar refractivity (Wildman–Crippen MR) is 127 cm³/mol. The highest BCUT2D eigenvalue weighted by Crippen LogP contribution is 2.25. The summed E-state index contributed by atoms with van der Waals surface area (Å²) in [5.74, 6) is 0.226. The molecule has 1 aromatic heterocycles. The fourth-order valence-electron chi connectivity index (χ4n) is 3.63. The molecule has 162 valence electrons. The van der Waals surface area contributed by atoms with Gasteiger partial charge in [-0.25, -0.2) is 5.43 Å². The minimum Gasteiger partial charge on any atom is -0.496 e. The van der Waals surface area contributed by atoms with Gasteiger partial charge in [0.25, 0.3) is 5.91 Å². The molecule has 0 unspecified atom stereocenters. The summed E-state index contributed by atoms with van der Waals surface area (Å²) in [6.07, 6.45) is 1.68. The zero-order valence-electron chi connectivity index (χ0n) is 19.4. The lowest BCUT2D eigenvalue weighted by Crippen LogP contribution is -2.18. The molecular weight excluding hydrogens is 386 g/mol. The van der Waals surface area contributed by atoms with Gasteiger partial charge in [-0.05, 0) is 67.6 Å². The van der Waals surface area contributed by atoms with Crippen molar-refractivity contribution in [1.82, 2.24) is 9.99 Å². The smallest absolute Gasteiger partial charge is 0.275 e. The number of rotatable bonds is 5. The number of hydrazone groups is 1. The quantitative estimate of drug-likeness (QED) is 0.442. The summed E-state index contributed by atoms with van der Waals surface area (Å²) in [7, 11) is 1.55. The molecule has 5 heteroatoms. The van der Waals surface area contributed by atoms with E-state index in [1.807, 2.05) is 19.1 Å². The highest BCUT2D eigenvalue weighted by molar-refractivity contribution is 5.97. The van der Waals surface area contributed by atoms with Crippen molar-refractivity contribution in [3.8, 4) is 11.4 Å². The lowest BCUT2D eigenvalue weighted by atomic mass is 9.87. The Morgan fingerprint density at radius 2 is 1.71 bits per heavy atom. The van der Waals surface area contributed by atoms with Crippen molar-refractivity contribution >= 4 is 12.1 Å². The van der Waals surface area contributed by atoms with Crippen molar-refractivity contribution in [3.63, 3.8) is 0 Å². The van der Waals surface area contributed by atoms with Gasteiger partial charge >= 0.3 is 0 Å². The van der Waals surface area contributed by atoms with Gasteiger partial charge < -0.3 is 9.30 Å². The number of ether oxygens (including phenoxy) is 1. The number of hydrogen-bond donors (Lipinski definition) is 1. The number of nitrogens with zero attached hydrogens (tertiary/aromatic N) is 2. The molecule has 0 fully saturated rings. The van der Waals surface area contributed by atoms with E-state index < -0.39 is 0 Å². The summed E-state index contributed by atoms with van der Waals surface area (Å²) in [4.78, 5) is 12.5. The largest absolute Gasteiger partial charge is 0.496 e. The maximum atomic E-state index is 12.5. The van der Waals surface area contributed by atoms with Crippen LogP contribution >= 0.6 is 0 Å². The summed E-state index contributed by atoms with van der Waals surface area (Å²) in [6, 6.07) is 16.2. The van der Waals surface area contributed by atoms with Crippen LogP contribution in [-0.4, -0.2) is 23.8 Å². The van der Waals surface area contributed by atoms with Crippen LogP contribution in [0.3, 0.4) is 0 Å². The number of hydrogen-bond acceptors (Lipinski definition) is 3. The fraction of sp³-hybridized carbons (Fsp3) is 0.308. The molecule has 0 aliphatic heterocycles. The van der Waals surface area contributed by atoms with Crippen LogP contribution in [0, 0.1) is 20.8 Å². The molecule has 0 bridgehead atoms. The van der Waals surface area contributed by atoms with Gasteiger partial charge in [0.15, 0.2) is 0 Å². The Labute approximate surface area is 184 Å².